The van der Waals surface area contributed by atoms with Crippen LogP contribution in [0.4, 0.5) is 0 Å². The van der Waals surface area contributed by atoms with Gasteiger partial charge in [0.05, 0.1) is 0 Å². The molecule has 0 aliphatic rings. The summed E-state index contributed by atoms with van der Waals surface area (Å²) >= 11 is 0. The van der Waals surface area contributed by atoms with Gasteiger partial charge in [-0.15, -0.1) is 0 Å². The van der Waals surface area contributed by atoms with Crippen molar-refractivity contribution in [3.8, 4) is 5.75 Å². The van der Waals surface area contributed by atoms with E-state index in [4.69, 9.17) is 4.74 Å². The first-order valence-corrected chi connectivity index (χ1v) is 8.19. The maximum absolute atomic E-state index is 12.6. The standard InChI is InChI=1S/C20H25NO3/c1-6-18(19(23)21(5)20(2,3)4)24-17-10-9-15-8-7-14(13-22)11-16(15)12-17/h7-13,18H,6H2,1-5H3. The van der Waals surface area contributed by atoms with Crippen LogP contribution in [0.25, 0.3) is 10.8 Å². The predicted octanol–water partition coefficient (Wildman–Crippen LogP) is 4.07. The number of rotatable bonds is 5. The van der Waals surface area contributed by atoms with Gasteiger partial charge in [0.2, 0.25) is 0 Å². The Hall–Kier alpha value is -2.36. The van der Waals surface area contributed by atoms with Gasteiger partial charge in [0, 0.05) is 18.2 Å². The van der Waals surface area contributed by atoms with Crippen molar-refractivity contribution in [2.24, 2.45) is 0 Å². The molecule has 2 rings (SSSR count). The van der Waals surface area contributed by atoms with E-state index in [0.29, 0.717) is 17.7 Å². The van der Waals surface area contributed by atoms with Crippen LogP contribution in [0.2, 0.25) is 0 Å². The fraction of sp³-hybridized carbons (Fsp3) is 0.400. The Morgan fingerprint density at radius 1 is 1.17 bits per heavy atom. The van der Waals surface area contributed by atoms with E-state index in [9.17, 15) is 9.59 Å². The summed E-state index contributed by atoms with van der Waals surface area (Å²) in [5.74, 6) is 0.597. The average Bonchev–Trinajstić information content (AvgIpc) is 2.56. The number of carbonyl (C=O) groups is 2. The highest BCUT2D eigenvalue weighted by molar-refractivity contribution is 5.90. The fourth-order valence-corrected chi connectivity index (χ4v) is 2.41. The summed E-state index contributed by atoms with van der Waals surface area (Å²) in [6, 6.07) is 11.2. The molecule has 2 aromatic rings. The van der Waals surface area contributed by atoms with E-state index in [2.05, 4.69) is 0 Å². The molecule has 0 bridgehead atoms. The molecule has 0 aliphatic heterocycles. The van der Waals surface area contributed by atoms with Crippen LogP contribution in [0.5, 0.6) is 5.75 Å². The zero-order valence-corrected chi connectivity index (χ0v) is 15.0. The zero-order chi connectivity index (χ0) is 17.9. The van der Waals surface area contributed by atoms with Crippen molar-refractivity contribution >= 4 is 23.0 Å². The van der Waals surface area contributed by atoms with E-state index in [1.165, 1.54) is 0 Å². The molecule has 0 spiro atoms. The number of aldehydes is 1. The molecule has 4 nitrogen and oxygen atoms in total. The summed E-state index contributed by atoms with van der Waals surface area (Å²) in [4.78, 5) is 25.3. The summed E-state index contributed by atoms with van der Waals surface area (Å²) in [6.45, 7) is 7.92. The molecule has 0 aromatic heterocycles. The SMILES string of the molecule is CCC(Oc1ccc2ccc(C=O)cc2c1)C(=O)N(C)C(C)(C)C. The lowest BCUT2D eigenvalue weighted by Gasteiger charge is -2.34. The first-order chi connectivity index (χ1) is 11.3. The maximum Gasteiger partial charge on any atom is 0.263 e. The van der Waals surface area contributed by atoms with E-state index in [-0.39, 0.29) is 11.4 Å². The molecule has 0 aliphatic carbocycles. The summed E-state index contributed by atoms with van der Waals surface area (Å²) in [6.07, 6.45) is 0.885. The van der Waals surface area contributed by atoms with Crippen molar-refractivity contribution in [2.75, 3.05) is 7.05 Å². The number of carbonyl (C=O) groups excluding carboxylic acids is 2. The fourth-order valence-electron chi connectivity index (χ4n) is 2.41. The maximum atomic E-state index is 12.6. The van der Waals surface area contributed by atoms with Gasteiger partial charge >= 0.3 is 0 Å². The molecule has 24 heavy (non-hydrogen) atoms. The van der Waals surface area contributed by atoms with Gasteiger partial charge in [-0.1, -0.05) is 25.1 Å². The Bertz CT molecular complexity index is 746. The number of nitrogens with zero attached hydrogens (tertiary/aromatic N) is 1. The van der Waals surface area contributed by atoms with E-state index in [1.807, 2.05) is 58.0 Å². The van der Waals surface area contributed by atoms with Crippen molar-refractivity contribution in [1.82, 2.24) is 4.90 Å². The second kappa shape index (κ2) is 7.04. The quantitative estimate of drug-likeness (QED) is 0.778. The molecule has 0 heterocycles. The Morgan fingerprint density at radius 2 is 1.83 bits per heavy atom. The third-order valence-corrected chi connectivity index (χ3v) is 4.23. The minimum absolute atomic E-state index is 0.0354. The third-order valence-electron chi connectivity index (χ3n) is 4.23. The molecule has 1 atom stereocenters. The smallest absolute Gasteiger partial charge is 0.263 e. The van der Waals surface area contributed by atoms with Gasteiger partial charge in [-0.2, -0.15) is 0 Å². The van der Waals surface area contributed by atoms with Crippen molar-refractivity contribution < 1.29 is 14.3 Å². The lowest BCUT2D eigenvalue weighted by Crippen LogP contribution is -2.48. The Balaban J connectivity index is 2.26. The molecule has 0 N–H and O–H groups in total. The Morgan fingerprint density at radius 3 is 2.42 bits per heavy atom. The second-order valence-corrected chi connectivity index (χ2v) is 6.97. The van der Waals surface area contributed by atoms with Crippen LogP contribution < -0.4 is 4.74 Å². The Kier molecular flexibility index (Phi) is 5.27. The van der Waals surface area contributed by atoms with Gasteiger partial charge in [0.1, 0.15) is 12.0 Å². The molecule has 2 aromatic carbocycles. The van der Waals surface area contributed by atoms with Crippen molar-refractivity contribution in [2.45, 2.75) is 45.8 Å². The summed E-state index contributed by atoms with van der Waals surface area (Å²) in [7, 11) is 1.80. The number of benzene rings is 2. The van der Waals surface area contributed by atoms with Crippen LogP contribution in [-0.4, -0.2) is 35.8 Å². The first kappa shape index (κ1) is 18.0. The number of hydrogen-bond acceptors (Lipinski definition) is 3. The zero-order valence-electron chi connectivity index (χ0n) is 15.0. The number of amides is 1. The van der Waals surface area contributed by atoms with E-state index in [0.717, 1.165) is 17.1 Å². The largest absolute Gasteiger partial charge is 0.481 e. The lowest BCUT2D eigenvalue weighted by molar-refractivity contribution is -0.141. The second-order valence-electron chi connectivity index (χ2n) is 6.97. The molecule has 1 amide bonds. The third kappa shape index (κ3) is 3.94. The van der Waals surface area contributed by atoms with Crippen LogP contribution >= 0.6 is 0 Å². The molecule has 128 valence electrons. The molecule has 1 unspecified atom stereocenters. The molecule has 4 heteroatoms. The van der Waals surface area contributed by atoms with Gasteiger partial charge < -0.3 is 9.64 Å². The average molecular weight is 327 g/mol. The van der Waals surface area contributed by atoms with E-state index >= 15 is 0 Å². The summed E-state index contributed by atoms with van der Waals surface area (Å²) < 4.78 is 5.94. The molecular formula is C20H25NO3. The minimum Gasteiger partial charge on any atom is -0.481 e. The van der Waals surface area contributed by atoms with Gasteiger partial charge in [-0.3, -0.25) is 9.59 Å². The lowest BCUT2D eigenvalue weighted by atomic mass is 10.1. The van der Waals surface area contributed by atoms with Crippen LogP contribution in [0, 0.1) is 0 Å². The highest BCUT2D eigenvalue weighted by Gasteiger charge is 2.29. The minimum atomic E-state index is -0.527. The monoisotopic (exact) mass is 327 g/mol. The highest BCUT2D eigenvalue weighted by Crippen LogP contribution is 2.24. The van der Waals surface area contributed by atoms with Gasteiger partial charge in [-0.25, -0.2) is 0 Å². The number of likely N-dealkylation sites (N-methyl/N-ethyl adjacent to an activating group) is 1. The number of hydrogen-bond donors (Lipinski definition) is 0. The molecule has 0 fully saturated rings. The molecule has 0 saturated carbocycles. The predicted molar refractivity (Wildman–Crippen MR) is 96.6 cm³/mol. The van der Waals surface area contributed by atoms with Gasteiger partial charge in [-0.05, 0) is 56.2 Å². The van der Waals surface area contributed by atoms with Crippen LogP contribution in [0.1, 0.15) is 44.5 Å². The van der Waals surface area contributed by atoms with Crippen molar-refractivity contribution in [3.05, 3.63) is 42.0 Å². The van der Waals surface area contributed by atoms with Crippen LogP contribution in [0.3, 0.4) is 0 Å². The van der Waals surface area contributed by atoms with Crippen molar-refractivity contribution in [1.29, 1.82) is 0 Å². The summed E-state index contributed by atoms with van der Waals surface area (Å²) in [5, 5.41) is 1.95. The number of fused-ring (bicyclic) bond motifs is 1. The number of ether oxygens (including phenoxy) is 1. The van der Waals surface area contributed by atoms with Gasteiger partial charge in [0.25, 0.3) is 5.91 Å². The van der Waals surface area contributed by atoms with E-state index in [1.54, 1.807) is 18.0 Å². The normalized spacial score (nSPS) is 12.7. The topological polar surface area (TPSA) is 46.6 Å². The van der Waals surface area contributed by atoms with Gasteiger partial charge in [0.15, 0.2) is 6.10 Å². The highest BCUT2D eigenvalue weighted by atomic mass is 16.5. The Labute approximate surface area is 143 Å². The van der Waals surface area contributed by atoms with Crippen LogP contribution in [0.15, 0.2) is 36.4 Å². The van der Waals surface area contributed by atoms with Crippen molar-refractivity contribution in [3.63, 3.8) is 0 Å². The summed E-state index contributed by atoms with van der Waals surface area (Å²) in [5.41, 5.74) is 0.367. The van der Waals surface area contributed by atoms with Crippen LogP contribution in [-0.2, 0) is 4.79 Å². The van der Waals surface area contributed by atoms with E-state index < -0.39 is 6.10 Å². The molecule has 0 saturated heterocycles. The molecular weight excluding hydrogens is 302 g/mol. The molecule has 0 radical (unpaired) electrons. The first-order valence-electron chi connectivity index (χ1n) is 8.19.